The monoisotopic (exact) mass is 386 g/mol. The van der Waals surface area contributed by atoms with Crippen molar-refractivity contribution in [3.05, 3.63) is 59.7 Å². The number of para-hydroxylation sites is 1. The van der Waals surface area contributed by atoms with E-state index in [1.165, 1.54) is 6.42 Å². The number of benzene rings is 2. The number of hydrogen-bond donors (Lipinski definition) is 2. The van der Waals surface area contributed by atoms with Crippen molar-refractivity contribution >= 4 is 24.0 Å². The van der Waals surface area contributed by atoms with Gasteiger partial charge in [0, 0.05) is 11.7 Å². The molecule has 1 amide bonds. The maximum atomic E-state index is 12.8. The second kappa shape index (κ2) is 8.32. The highest BCUT2D eigenvalue weighted by Crippen LogP contribution is 2.48. The summed E-state index contributed by atoms with van der Waals surface area (Å²) in [7, 11) is 0. The van der Waals surface area contributed by atoms with Crippen LogP contribution in [0.1, 0.15) is 30.4 Å². The van der Waals surface area contributed by atoms with Crippen LogP contribution in [0.2, 0.25) is 0 Å². The first-order valence-corrected chi connectivity index (χ1v) is 9.46. The van der Waals surface area contributed by atoms with E-state index in [4.69, 9.17) is 10.5 Å². The topological polar surface area (TPSA) is 64.3 Å². The molecule has 27 heavy (non-hydrogen) atoms. The van der Waals surface area contributed by atoms with Gasteiger partial charge in [-0.1, -0.05) is 30.3 Å². The standard InChI is InChI=1S/C22H26N2O2.ClH/c1-14-17(13-26-18-7-3-2-4-8-18)6-5-9-19(14)24-22(25)20-15-10-11-16(12-15)21(20)23;/h2-9,15-16,20-21H,10-13,23H2,1H3,(H,24,25);1H. The number of rotatable bonds is 5. The maximum Gasteiger partial charge on any atom is 0.229 e. The van der Waals surface area contributed by atoms with Gasteiger partial charge in [-0.25, -0.2) is 0 Å². The molecular weight excluding hydrogens is 360 g/mol. The zero-order valence-electron chi connectivity index (χ0n) is 15.6. The van der Waals surface area contributed by atoms with Crippen LogP contribution in [0.15, 0.2) is 48.5 Å². The number of nitrogens with one attached hydrogen (secondary N) is 1. The van der Waals surface area contributed by atoms with Crippen LogP contribution in [-0.2, 0) is 11.4 Å². The minimum atomic E-state index is -0.0441. The molecule has 5 heteroatoms. The molecule has 0 spiro atoms. The predicted octanol–water partition coefficient (Wildman–Crippen LogP) is 4.31. The first-order chi connectivity index (χ1) is 12.6. The molecule has 2 fully saturated rings. The Morgan fingerprint density at radius 1 is 1.11 bits per heavy atom. The van der Waals surface area contributed by atoms with Crippen molar-refractivity contribution in [3.63, 3.8) is 0 Å². The lowest BCUT2D eigenvalue weighted by Gasteiger charge is -2.27. The molecule has 2 aromatic rings. The van der Waals surface area contributed by atoms with E-state index in [0.29, 0.717) is 18.4 Å². The van der Waals surface area contributed by atoms with Gasteiger partial charge >= 0.3 is 0 Å². The van der Waals surface area contributed by atoms with Crippen LogP contribution in [0, 0.1) is 24.7 Å². The van der Waals surface area contributed by atoms with E-state index in [1.807, 2.05) is 55.5 Å². The van der Waals surface area contributed by atoms with E-state index in [2.05, 4.69) is 5.32 Å². The Hall–Kier alpha value is -2.04. The molecule has 4 atom stereocenters. The molecular formula is C22H27ClN2O2. The van der Waals surface area contributed by atoms with Gasteiger partial charge in [-0.05, 0) is 67.3 Å². The predicted molar refractivity (Wildman–Crippen MR) is 110 cm³/mol. The highest BCUT2D eigenvalue weighted by Gasteiger charge is 2.49. The van der Waals surface area contributed by atoms with Crippen LogP contribution in [0.25, 0.3) is 0 Å². The second-order valence-electron chi connectivity index (χ2n) is 7.62. The average molecular weight is 387 g/mol. The lowest BCUT2D eigenvalue weighted by Crippen LogP contribution is -2.42. The number of amides is 1. The Morgan fingerprint density at radius 3 is 2.56 bits per heavy atom. The first-order valence-electron chi connectivity index (χ1n) is 9.46. The molecule has 3 N–H and O–H groups in total. The number of hydrogen-bond acceptors (Lipinski definition) is 3. The summed E-state index contributed by atoms with van der Waals surface area (Å²) < 4.78 is 5.86. The van der Waals surface area contributed by atoms with E-state index in [-0.39, 0.29) is 30.3 Å². The molecule has 4 unspecified atom stereocenters. The fourth-order valence-electron chi connectivity index (χ4n) is 4.59. The Labute approximate surface area is 166 Å². The summed E-state index contributed by atoms with van der Waals surface area (Å²) in [5, 5.41) is 3.13. The third-order valence-electron chi connectivity index (χ3n) is 6.12. The van der Waals surface area contributed by atoms with Gasteiger partial charge in [0.1, 0.15) is 12.4 Å². The van der Waals surface area contributed by atoms with Gasteiger partial charge in [0.2, 0.25) is 5.91 Å². The number of carbonyl (C=O) groups is 1. The molecule has 4 nitrogen and oxygen atoms in total. The SMILES string of the molecule is Cc1c(COc2ccccc2)cccc1NC(=O)C1C2CCC(C2)C1N.Cl. The van der Waals surface area contributed by atoms with Gasteiger partial charge in [-0.15, -0.1) is 12.4 Å². The normalized spacial score (nSPS) is 25.7. The van der Waals surface area contributed by atoms with Gasteiger partial charge in [0.15, 0.2) is 0 Å². The van der Waals surface area contributed by atoms with E-state index < -0.39 is 0 Å². The summed E-state index contributed by atoms with van der Waals surface area (Å²) in [5.74, 6) is 1.86. The molecule has 144 valence electrons. The number of nitrogens with two attached hydrogens (primary N) is 1. The third-order valence-corrected chi connectivity index (χ3v) is 6.12. The van der Waals surface area contributed by atoms with Gasteiger partial charge < -0.3 is 15.8 Å². The molecule has 2 aliphatic rings. The van der Waals surface area contributed by atoms with Gasteiger partial charge in [0.25, 0.3) is 0 Å². The van der Waals surface area contributed by atoms with Crippen LogP contribution in [0.3, 0.4) is 0 Å². The van der Waals surface area contributed by atoms with Crippen molar-refractivity contribution in [2.75, 3.05) is 5.32 Å². The van der Waals surface area contributed by atoms with E-state index in [0.717, 1.165) is 35.4 Å². The van der Waals surface area contributed by atoms with E-state index >= 15 is 0 Å². The molecule has 0 saturated heterocycles. The van der Waals surface area contributed by atoms with Crippen molar-refractivity contribution in [2.45, 2.75) is 38.8 Å². The zero-order chi connectivity index (χ0) is 18.1. The molecule has 0 aromatic heterocycles. The molecule has 0 radical (unpaired) electrons. The molecule has 2 bridgehead atoms. The number of halogens is 1. The summed E-state index contributed by atoms with van der Waals surface area (Å²) in [6.07, 6.45) is 3.44. The number of anilines is 1. The molecule has 0 heterocycles. The number of ether oxygens (including phenoxy) is 1. The number of fused-ring (bicyclic) bond motifs is 2. The lowest BCUT2D eigenvalue weighted by atomic mass is 9.84. The fourth-order valence-corrected chi connectivity index (χ4v) is 4.59. The Balaban J connectivity index is 0.00000210. The zero-order valence-corrected chi connectivity index (χ0v) is 16.4. The molecule has 2 saturated carbocycles. The van der Waals surface area contributed by atoms with Crippen molar-refractivity contribution in [1.29, 1.82) is 0 Å². The smallest absolute Gasteiger partial charge is 0.229 e. The fraction of sp³-hybridized carbons (Fsp3) is 0.409. The van der Waals surface area contributed by atoms with Crippen molar-refractivity contribution in [3.8, 4) is 5.75 Å². The van der Waals surface area contributed by atoms with Gasteiger partial charge in [-0.3, -0.25) is 4.79 Å². The highest BCUT2D eigenvalue weighted by atomic mass is 35.5. The van der Waals surface area contributed by atoms with E-state index in [1.54, 1.807) is 0 Å². The van der Waals surface area contributed by atoms with Crippen molar-refractivity contribution in [1.82, 2.24) is 0 Å². The van der Waals surface area contributed by atoms with Gasteiger partial charge in [0.05, 0.1) is 5.92 Å². The second-order valence-corrected chi connectivity index (χ2v) is 7.62. The molecule has 2 aromatic carbocycles. The Kier molecular flexibility index (Phi) is 6.08. The summed E-state index contributed by atoms with van der Waals surface area (Å²) in [6.45, 7) is 2.51. The largest absolute Gasteiger partial charge is 0.489 e. The summed E-state index contributed by atoms with van der Waals surface area (Å²) >= 11 is 0. The highest BCUT2D eigenvalue weighted by molar-refractivity contribution is 5.94. The molecule has 0 aliphatic heterocycles. The van der Waals surface area contributed by atoms with Crippen molar-refractivity contribution < 1.29 is 9.53 Å². The van der Waals surface area contributed by atoms with Crippen LogP contribution in [0.4, 0.5) is 5.69 Å². The Bertz CT molecular complexity index is 794. The lowest BCUT2D eigenvalue weighted by molar-refractivity contribution is -0.121. The summed E-state index contributed by atoms with van der Waals surface area (Å²) in [5.41, 5.74) is 9.30. The minimum Gasteiger partial charge on any atom is -0.489 e. The van der Waals surface area contributed by atoms with Gasteiger partial charge in [-0.2, -0.15) is 0 Å². The third kappa shape index (κ3) is 3.97. The van der Waals surface area contributed by atoms with Crippen molar-refractivity contribution in [2.24, 2.45) is 23.5 Å². The van der Waals surface area contributed by atoms with Crippen LogP contribution in [0.5, 0.6) is 5.75 Å². The van der Waals surface area contributed by atoms with Crippen LogP contribution in [-0.4, -0.2) is 11.9 Å². The first kappa shape index (κ1) is 19.7. The molecule has 2 aliphatic carbocycles. The quantitative estimate of drug-likeness (QED) is 0.804. The summed E-state index contributed by atoms with van der Waals surface area (Å²) in [4.78, 5) is 12.8. The Morgan fingerprint density at radius 2 is 1.85 bits per heavy atom. The average Bonchev–Trinajstić information content (AvgIpc) is 3.24. The summed E-state index contributed by atoms with van der Waals surface area (Å²) in [6, 6.07) is 15.7. The van der Waals surface area contributed by atoms with Crippen LogP contribution < -0.4 is 15.8 Å². The van der Waals surface area contributed by atoms with Crippen LogP contribution >= 0.6 is 12.4 Å². The minimum absolute atomic E-state index is 0. The maximum absolute atomic E-state index is 12.8. The molecule has 4 rings (SSSR count). The van der Waals surface area contributed by atoms with E-state index in [9.17, 15) is 4.79 Å². The number of carbonyl (C=O) groups excluding carboxylic acids is 1.